The molecule has 0 aromatic carbocycles. The zero-order valence-electron chi connectivity index (χ0n) is 15.1. The van der Waals surface area contributed by atoms with Gasteiger partial charge in [-0.25, -0.2) is 9.97 Å². The molecule has 8 heteroatoms. The summed E-state index contributed by atoms with van der Waals surface area (Å²) in [5.74, 6) is 0.425. The zero-order chi connectivity index (χ0) is 18.8. The van der Waals surface area contributed by atoms with Crippen LogP contribution in [0.1, 0.15) is 48.9 Å². The molecule has 2 saturated carbocycles. The second kappa shape index (κ2) is 7.53. The van der Waals surface area contributed by atoms with Crippen molar-refractivity contribution in [2.24, 2.45) is 17.6 Å². The Kier molecular flexibility index (Phi) is 4.94. The Morgan fingerprint density at radius 1 is 1.37 bits per heavy atom. The number of nitriles is 1. The summed E-state index contributed by atoms with van der Waals surface area (Å²) in [4.78, 5) is 23.5. The van der Waals surface area contributed by atoms with E-state index in [9.17, 15) is 4.79 Å². The third-order valence-electron chi connectivity index (χ3n) is 5.89. The van der Waals surface area contributed by atoms with E-state index in [1.807, 2.05) is 0 Å². The summed E-state index contributed by atoms with van der Waals surface area (Å²) in [6, 6.07) is 2.39. The summed E-state index contributed by atoms with van der Waals surface area (Å²) in [6.07, 6.45) is 9.16. The Morgan fingerprint density at radius 2 is 2.15 bits per heavy atom. The highest BCUT2D eigenvalue weighted by molar-refractivity contribution is 6.04. The van der Waals surface area contributed by atoms with Gasteiger partial charge in [-0.3, -0.25) is 4.79 Å². The van der Waals surface area contributed by atoms with Gasteiger partial charge in [0.1, 0.15) is 5.52 Å². The van der Waals surface area contributed by atoms with Gasteiger partial charge in [0, 0.05) is 12.2 Å². The van der Waals surface area contributed by atoms with Crippen molar-refractivity contribution in [1.29, 1.82) is 5.26 Å². The quantitative estimate of drug-likeness (QED) is 0.671. The molecular formula is C19H24N6O2. The summed E-state index contributed by atoms with van der Waals surface area (Å²) >= 11 is 0. The molecule has 8 nitrogen and oxygen atoms in total. The number of nitrogens with two attached hydrogens (primary N) is 1. The number of imidazole rings is 1. The van der Waals surface area contributed by atoms with Crippen LogP contribution in [-0.2, 0) is 4.74 Å². The first-order valence-corrected chi connectivity index (χ1v) is 9.54. The van der Waals surface area contributed by atoms with Crippen LogP contribution in [0.3, 0.4) is 0 Å². The molecule has 4 atom stereocenters. The molecule has 2 aliphatic carbocycles. The van der Waals surface area contributed by atoms with E-state index in [2.05, 4.69) is 26.3 Å². The number of aromatic amines is 1. The average molecular weight is 368 g/mol. The van der Waals surface area contributed by atoms with Crippen molar-refractivity contribution < 1.29 is 9.53 Å². The van der Waals surface area contributed by atoms with Crippen LogP contribution in [0, 0.1) is 23.2 Å². The number of hydrogen-bond acceptors (Lipinski definition) is 6. The maximum atomic E-state index is 11.9. The molecule has 142 valence electrons. The minimum absolute atomic E-state index is 0.213. The van der Waals surface area contributed by atoms with Crippen LogP contribution in [0.5, 0.6) is 0 Å². The summed E-state index contributed by atoms with van der Waals surface area (Å²) < 4.78 is 5.93. The van der Waals surface area contributed by atoms with Crippen molar-refractivity contribution in [3.63, 3.8) is 0 Å². The minimum Gasteiger partial charge on any atom is -0.379 e. The highest BCUT2D eigenvalue weighted by Gasteiger charge is 2.41. The zero-order valence-corrected chi connectivity index (χ0v) is 15.1. The minimum atomic E-state index is -0.506. The predicted molar refractivity (Wildman–Crippen MR) is 99.9 cm³/mol. The second-order valence-corrected chi connectivity index (χ2v) is 7.50. The highest BCUT2D eigenvalue weighted by Crippen LogP contribution is 2.43. The number of hydrogen-bond donors (Lipinski definition) is 3. The van der Waals surface area contributed by atoms with E-state index in [0.717, 1.165) is 25.7 Å². The molecule has 2 aromatic rings. The van der Waals surface area contributed by atoms with Gasteiger partial charge in [0.25, 0.3) is 5.91 Å². The van der Waals surface area contributed by atoms with Crippen molar-refractivity contribution >= 4 is 22.8 Å². The SMILES string of the molecule is N#CCCOC1C[C@H]2CCC[C@@H](C1)[C@@H]2Nc1c(C(N)=O)cnc2[nH]cnc12. The van der Waals surface area contributed by atoms with E-state index in [0.29, 0.717) is 47.3 Å². The van der Waals surface area contributed by atoms with Gasteiger partial charge in [0.15, 0.2) is 5.65 Å². The number of aromatic nitrogens is 3. The number of nitrogens with one attached hydrogen (secondary N) is 2. The van der Waals surface area contributed by atoms with E-state index in [4.69, 9.17) is 15.7 Å². The van der Waals surface area contributed by atoms with Crippen LogP contribution in [0.25, 0.3) is 11.2 Å². The van der Waals surface area contributed by atoms with Gasteiger partial charge in [-0.1, -0.05) is 6.42 Å². The summed E-state index contributed by atoms with van der Waals surface area (Å²) in [5.41, 5.74) is 7.93. The Balaban J connectivity index is 1.57. The standard InChI is InChI=1S/C19H24N6O2/c20-5-2-6-27-13-7-11-3-1-4-12(8-13)15(11)25-16-14(18(21)26)9-22-19-17(16)23-10-24-19/h9-13,15H,1-4,6-8H2,(H2,21,26)(H2,22,23,24,25)/t11-,12+,13?,15-. The fraction of sp³-hybridized carbons (Fsp3) is 0.579. The lowest BCUT2D eigenvalue weighted by molar-refractivity contribution is -0.0208. The number of ether oxygens (including phenoxy) is 1. The van der Waals surface area contributed by atoms with Crippen molar-refractivity contribution in [2.75, 3.05) is 11.9 Å². The number of anilines is 1. The van der Waals surface area contributed by atoms with Crippen LogP contribution in [0.2, 0.25) is 0 Å². The van der Waals surface area contributed by atoms with Gasteiger partial charge in [-0.05, 0) is 37.5 Å². The van der Waals surface area contributed by atoms with E-state index < -0.39 is 5.91 Å². The second-order valence-electron chi connectivity index (χ2n) is 7.50. The number of carbonyl (C=O) groups excluding carboxylic acids is 1. The van der Waals surface area contributed by atoms with Crippen molar-refractivity contribution in [2.45, 2.75) is 50.7 Å². The first-order chi connectivity index (χ1) is 13.2. The number of nitrogens with zero attached hydrogens (tertiary/aromatic N) is 3. The Morgan fingerprint density at radius 3 is 2.85 bits per heavy atom. The average Bonchev–Trinajstić information content (AvgIpc) is 3.11. The van der Waals surface area contributed by atoms with E-state index in [1.165, 1.54) is 12.6 Å². The number of primary amides is 1. The Bertz CT molecular complexity index is 859. The molecule has 2 heterocycles. The highest BCUT2D eigenvalue weighted by atomic mass is 16.5. The molecular weight excluding hydrogens is 344 g/mol. The van der Waals surface area contributed by atoms with Crippen LogP contribution >= 0.6 is 0 Å². The van der Waals surface area contributed by atoms with Gasteiger partial charge in [-0.15, -0.1) is 0 Å². The van der Waals surface area contributed by atoms with Gasteiger partial charge in [-0.2, -0.15) is 5.26 Å². The van der Waals surface area contributed by atoms with Crippen LogP contribution in [-0.4, -0.2) is 39.6 Å². The third kappa shape index (κ3) is 3.47. The number of carbonyl (C=O) groups is 1. The van der Waals surface area contributed by atoms with Crippen LogP contribution in [0.15, 0.2) is 12.5 Å². The summed E-state index contributed by atoms with van der Waals surface area (Å²) in [5, 5.41) is 12.3. The number of amides is 1. The smallest absolute Gasteiger partial charge is 0.252 e. The third-order valence-corrected chi connectivity index (χ3v) is 5.89. The largest absolute Gasteiger partial charge is 0.379 e. The van der Waals surface area contributed by atoms with Crippen LogP contribution in [0.4, 0.5) is 5.69 Å². The lowest BCUT2D eigenvalue weighted by Gasteiger charge is -2.46. The first kappa shape index (κ1) is 17.7. The fourth-order valence-electron chi connectivity index (χ4n) is 4.72. The van der Waals surface area contributed by atoms with Crippen molar-refractivity contribution in [3.05, 3.63) is 18.1 Å². The summed E-state index contributed by atoms with van der Waals surface area (Å²) in [7, 11) is 0. The van der Waals surface area contributed by atoms with E-state index >= 15 is 0 Å². The van der Waals surface area contributed by atoms with Crippen molar-refractivity contribution in [1.82, 2.24) is 15.0 Å². The lowest BCUT2D eigenvalue weighted by atomic mass is 9.67. The topological polar surface area (TPSA) is 130 Å². The molecule has 27 heavy (non-hydrogen) atoms. The molecule has 2 aliphatic rings. The van der Waals surface area contributed by atoms with E-state index in [-0.39, 0.29) is 12.1 Å². The molecule has 0 aliphatic heterocycles. The number of pyridine rings is 1. The van der Waals surface area contributed by atoms with Gasteiger partial charge in [0.05, 0.1) is 42.8 Å². The summed E-state index contributed by atoms with van der Waals surface area (Å²) in [6.45, 7) is 0.503. The number of fused-ring (bicyclic) bond motifs is 3. The predicted octanol–water partition coefficient (Wildman–Crippen LogP) is 2.35. The molecule has 2 bridgehead atoms. The number of H-pyrrole nitrogens is 1. The monoisotopic (exact) mass is 368 g/mol. The molecule has 1 unspecified atom stereocenters. The first-order valence-electron chi connectivity index (χ1n) is 9.54. The van der Waals surface area contributed by atoms with Gasteiger partial charge in [0.2, 0.25) is 0 Å². The Labute approximate surface area is 157 Å². The molecule has 0 radical (unpaired) electrons. The van der Waals surface area contributed by atoms with E-state index in [1.54, 1.807) is 6.33 Å². The lowest BCUT2D eigenvalue weighted by Crippen LogP contribution is -2.47. The number of rotatable bonds is 6. The van der Waals surface area contributed by atoms with Crippen LogP contribution < -0.4 is 11.1 Å². The fourth-order valence-corrected chi connectivity index (χ4v) is 4.72. The Hall–Kier alpha value is -2.66. The molecule has 2 aromatic heterocycles. The maximum Gasteiger partial charge on any atom is 0.252 e. The molecule has 0 saturated heterocycles. The van der Waals surface area contributed by atoms with Gasteiger partial charge >= 0.3 is 0 Å². The van der Waals surface area contributed by atoms with Gasteiger partial charge < -0.3 is 20.8 Å². The molecule has 2 fully saturated rings. The van der Waals surface area contributed by atoms with Crippen molar-refractivity contribution in [3.8, 4) is 6.07 Å². The molecule has 0 spiro atoms. The molecule has 4 rings (SSSR count). The molecule has 4 N–H and O–H groups in total. The normalized spacial score (nSPS) is 27.2. The molecule has 1 amide bonds. The maximum absolute atomic E-state index is 11.9.